The number of thiophene rings is 1. The van der Waals surface area contributed by atoms with Gasteiger partial charge in [-0.1, -0.05) is 96.7 Å². The Kier molecular flexibility index (Phi) is 6.10. The predicted molar refractivity (Wildman–Crippen MR) is 132 cm³/mol. The first-order chi connectivity index (χ1) is 13.2. The summed E-state index contributed by atoms with van der Waals surface area (Å²) in [5, 5.41) is 5.65. The molecular weight excluding hydrogens is 355 g/mol. The summed E-state index contributed by atoms with van der Waals surface area (Å²) < 4.78 is 2.84. The van der Waals surface area contributed by atoms with E-state index in [0.29, 0.717) is 0 Å². The van der Waals surface area contributed by atoms with Crippen molar-refractivity contribution >= 4 is 57.1 Å². The zero-order chi connectivity index (χ0) is 20.5. The van der Waals surface area contributed by atoms with E-state index in [0.717, 1.165) is 19.2 Å². The van der Waals surface area contributed by atoms with Gasteiger partial charge in [-0.2, -0.15) is 0 Å². The highest BCUT2D eigenvalue weighted by Crippen LogP contribution is 2.41. The molecular formula is C26H34BS. The average Bonchev–Trinajstić information content (AvgIpc) is 2.97. The third-order valence-corrected chi connectivity index (χ3v) is 7.60. The van der Waals surface area contributed by atoms with Gasteiger partial charge in [0.15, 0.2) is 7.28 Å². The zero-order valence-electron chi connectivity index (χ0n) is 18.6. The SMILES string of the molecule is CC/C=c1\c(=C/CC)sc2cc([B]CC(C)(C)C(C)(C)C)c3ccccc3c12. The summed E-state index contributed by atoms with van der Waals surface area (Å²) in [5.41, 5.74) is 1.91. The second-order valence-electron chi connectivity index (χ2n) is 9.53. The largest absolute Gasteiger partial charge is 0.153 e. The molecule has 0 saturated carbocycles. The monoisotopic (exact) mass is 389 g/mol. The van der Waals surface area contributed by atoms with Crippen molar-refractivity contribution in [2.24, 2.45) is 10.8 Å². The van der Waals surface area contributed by atoms with Crippen LogP contribution in [0.3, 0.4) is 0 Å². The molecule has 0 atom stereocenters. The van der Waals surface area contributed by atoms with Gasteiger partial charge in [-0.05, 0) is 45.7 Å². The minimum atomic E-state index is 0.251. The van der Waals surface area contributed by atoms with E-state index in [1.807, 2.05) is 11.3 Å². The second-order valence-corrected chi connectivity index (χ2v) is 10.6. The fourth-order valence-electron chi connectivity index (χ4n) is 3.62. The van der Waals surface area contributed by atoms with Crippen molar-refractivity contribution in [2.45, 2.75) is 67.6 Å². The van der Waals surface area contributed by atoms with Crippen molar-refractivity contribution in [1.29, 1.82) is 0 Å². The number of hydrogen-bond acceptors (Lipinski definition) is 1. The first kappa shape index (κ1) is 21.2. The lowest BCUT2D eigenvalue weighted by Crippen LogP contribution is -2.33. The van der Waals surface area contributed by atoms with Gasteiger partial charge in [0, 0.05) is 14.6 Å². The molecule has 3 rings (SSSR count). The number of hydrogen-bond donors (Lipinski definition) is 0. The van der Waals surface area contributed by atoms with Gasteiger partial charge in [0.05, 0.1) is 0 Å². The highest BCUT2D eigenvalue weighted by molar-refractivity contribution is 7.17. The topological polar surface area (TPSA) is 0 Å². The van der Waals surface area contributed by atoms with Crippen LogP contribution < -0.4 is 15.2 Å². The van der Waals surface area contributed by atoms with Gasteiger partial charge in [0.2, 0.25) is 0 Å². The molecule has 0 aliphatic heterocycles. The van der Waals surface area contributed by atoms with E-state index in [1.54, 1.807) is 0 Å². The Morgan fingerprint density at radius 3 is 2.18 bits per heavy atom. The predicted octanol–water partition coefficient (Wildman–Crippen LogP) is 6.26. The molecule has 0 nitrogen and oxygen atoms in total. The van der Waals surface area contributed by atoms with Crippen molar-refractivity contribution in [2.75, 3.05) is 0 Å². The number of fused-ring (bicyclic) bond motifs is 3. The van der Waals surface area contributed by atoms with Gasteiger partial charge in [-0.25, -0.2) is 0 Å². The van der Waals surface area contributed by atoms with Crippen LogP contribution in [0.2, 0.25) is 6.32 Å². The molecule has 1 radical (unpaired) electrons. The van der Waals surface area contributed by atoms with Crippen molar-refractivity contribution < 1.29 is 0 Å². The molecule has 0 fully saturated rings. The summed E-state index contributed by atoms with van der Waals surface area (Å²) in [7, 11) is 2.47. The first-order valence-electron chi connectivity index (χ1n) is 10.7. The molecule has 0 spiro atoms. The Bertz CT molecular complexity index is 1090. The summed E-state index contributed by atoms with van der Waals surface area (Å²) in [4.78, 5) is 0. The molecule has 28 heavy (non-hydrogen) atoms. The molecule has 2 heteroatoms. The fourth-order valence-corrected chi connectivity index (χ4v) is 4.91. The van der Waals surface area contributed by atoms with Gasteiger partial charge in [0.1, 0.15) is 0 Å². The minimum Gasteiger partial charge on any atom is -0.136 e. The van der Waals surface area contributed by atoms with E-state index in [9.17, 15) is 0 Å². The van der Waals surface area contributed by atoms with E-state index in [2.05, 4.69) is 98.2 Å². The van der Waals surface area contributed by atoms with Crippen LogP contribution in [0.25, 0.3) is 33.0 Å². The van der Waals surface area contributed by atoms with Crippen molar-refractivity contribution in [1.82, 2.24) is 0 Å². The van der Waals surface area contributed by atoms with Gasteiger partial charge in [-0.3, -0.25) is 0 Å². The van der Waals surface area contributed by atoms with Crippen LogP contribution in [0, 0.1) is 10.8 Å². The lowest BCUT2D eigenvalue weighted by molar-refractivity contribution is 0.157. The first-order valence-corrected chi connectivity index (χ1v) is 11.5. The van der Waals surface area contributed by atoms with E-state index in [1.165, 1.54) is 36.1 Å². The molecule has 0 unspecified atom stereocenters. The van der Waals surface area contributed by atoms with E-state index < -0.39 is 0 Å². The maximum absolute atomic E-state index is 2.47. The van der Waals surface area contributed by atoms with E-state index in [-0.39, 0.29) is 10.8 Å². The number of benzene rings is 2. The molecule has 1 aromatic heterocycles. The van der Waals surface area contributed by atoms with E-state index >= 15 is 0 Å². The van der Waals surface area contributed by atoms with Crippen LogP contribution in [-0.2, 0) is 0 Å². The van der Waals surface area contributed by atoms with Crippen LogP contribution in [0.5, 0.6) is 0 Å². The molecule has 0 bridgehead atoms. The summed E-state index contributed by atoms with van der Waals surface area (Å²) in [6.07, 6.45) is 8.01. The summed E-state index contributed by atoms with van der Waals surface area (Å²) in [6, 6.07) is 11.4. The maximum atomic E-state index is 2.47. The van der Waals surface area contributed by atoms with Gasteiger partial charge >= 0.3 is 0 Å². The summed E-state index contributed by atoms with van der Waals surface area (Å²) in [5.74, 6) is 0. The molecule has 3 aromatic rings. The highest BCUT2D eigenvalue weighted by atomic mass is 32.1. The van der Waals surface area contributed by atoms with Crippen molar-refractivity contribution in [3.63, 3.8) is 0 Å². The Morgan fingerprint density at radius 1 is 0.929 bits per heavy atom. The lowest BCUT2D eigenvalue weighted by Gasteiger charge is -2.39. The third-order valence-electron chi connectivity index (χ3n) is 6.46. The highest BCUT2D eigenvalue weighted by Gasteiger charge is 2.32. The van der Waals surface area contributed by atoms with Crippen LogP contribution in [0.15, 0.2) is 30.3 Å². The molecule has 0 aliphatic carbocycles. The molecule has 1 heterocycles. The quantitative estimate of drug-likeness (QED) is 0.452. The van der Waals surface area contributed by atoms with Gasteiger partial charge in [-0.15, -0.1) is 11.3 Å². The van der Waals surface area contributed by atoms with Crippen molar-refractivity contribution in [3.8, 4) is 0 Å². The number of rotatable bonds is 5. The van der Waals surface area contributed by atoms with E-state index in [4.69, 9.17) is 0 Å². The van der Waals surface area contributed by atoms with Gasteiger partial charge < -0.3 is 0 Å². The van der Waals surface area contributed by atoms with Crippen LogP contribution >= 0.6 is 11.3 Å². The molecule has 0 amide bonds. The van der Waals surface area contributed by atoms with Crippen LogP contribution in [0.4, 0.5) is 0 Å². The Balaban J connectivity index is 2.23. The smallest absolute Gasteiger partial charge is 0.136 e. The maximum Gasteiger partial charge on any atom is 0.153 e. The average molecular weight is 389 g/mol. The summed E-state index contributed by atoms with van der Waals surface area (Å²) >= 11 is 1.95. The normalized spacial score (nSPS) is 14.4. The zero-order valence-corrected chi connectivity index (χ0v) is 19.5. The Hall–Kier alpha value is -1.54. The molecule has 0 N–H and O–H groups in total. The van der Waals surface area contributed by atoms with Crippen LogP contribution in [0.1, 0.15) is 61.3 Å². The second kappa shape index (κ2) is 8.07. The van der Waals surface area contributed by atoms with Crippen LogP contribution in [-0.4, -0.2) is 7.28 Å². The molecule has 147 valence electrons. The summed E-state index contributed by atoms with van der Waals surface area (Å²) in [6.45, 7) is 16.3. The molecule has 0 saturated heterocycles. The third kappa shape index (κ3) is 3.94. The molecule has 2 aromatic carbocycles. The Labute approximate surface area is 175 Å². The van der Waals surface area contributed by atoms with Gasteiger partial charge in [0.25, 0.3) is 0 Å². The molecule has 0 aliphatic rings. The Morgan fingerprint density at radius 2 is 1.57 bits per heavy atom. The van der Waals surface area contributed by atoms with Crippen molar-refractivity contribution in [3.05, 3.63) is 40.1 Å². The minimum absolute atomic E-state index is 0.251. The lowest BCUT2D eigenvalue weighted by atomic mass is 9.53. The fraction of sp³-hybridized carbons (Fsp3) is 0.462. The standard InChI is InChI=1S/C26H34BS/c1-8-12-20-22(13-9-2)28-23-16-21(27-17-26(6,7)25(3,4)5)18-14-10-11-15-19(18)24(20)23/h10-16H,8-9,17H2,1-7H3/b20-12+,22-13+.